The van der Waals surface area contributed by atoms with Gasteiger partial charge in [-0.25, -0.2) is 4.79 Å². The molecule has 0 heterocycles. The Morgan fingerprint density at radius 2 is 2.00 bits per heavy atom. The molecule has 86 valence electrons. The van der Waals surface area contributed by atoms with Crippen LogP contribution in [0, 0.1) is 0 Å². The maximum absolute atomic E-state index is 11.1. The molecule has 0 aromatic heterocycles. The molecule has 6 nitrogen and oxygen atoms in total. The summed E-state index contributed by atoms with van der Waals surface area (Å²) in [5.41, 5.74) is 0. The molecular weight excluding hydrogens is 202 g/mol. The monoisotopic (exact) mass is 217 g/mol. The van der Waals surface area contributed by atoms with Gasteiger partial charge in [0.25, 0.3) is 0 Å². The van der Waals surface area contributed by atoms with E-state index in [1.54, 1.807) is 0 Å². The first-order valence-electron chi connectivity index (χ1n) is 4.59. The van der Waals surface area contributed by atoms with Crippen LogP contribution in [0.15, 0.2) is 0 Å². The van der Waals surface area contributed by atoms with E-state index in [0.29, 0.717) is 0 Å². The molecule has 0 aromatic carbocycles. The van der Waals surface area contributed by atoms with E-state index in [0.717, 1.165) is 0 Å². The van der Waals surface area contributed by atoms with Gasteiger partial charge in [-0.2, -0.15) is 0 Å². The molecule has 0 bridgehead atoms. The van der Waals surface area contributed by atoms with Gasteiger partial charge in [0.05, 0.1) is 6.61 Å². The van der Waals surface area contributed by atoms with Crippen LogP contribution in [0.4, 0.5) is 0 Å². The standard InChI is InChI=1S/C9H15NO5/c1-6(10-7(2)11)9(14)15-5-3-4-8(12)13/h6H,3-5H2,1-2H3,(H,10,11)(H,12,13)/t6-/m0/s1. The van der Waals surface area contributed by atoms with Crippen LogP contribution in [0.2, 0.25) is 0 Å². The summed E-state index contributed by atoms with van der Waals surface area (Å²) >= 11 is 0. The number of rotatable bonds is 6. The predicted octanol–water partition coefficient (Wildman–Crippen LogP) is -0.0810. The van der Waals surface area contributed by atoms with Crippen molar-refractivity contribution in [3.05, 3.63) is 0 Å². The summed E-state index contributed by atoms with van der Waals surface area (Å²) in [7, 11) is 0. The number of carbonyl (C=O) groups excluding carboxylic acids is 2. The van der Waals surface area contributed by atoms with Crippen molar-refractivity contribution in [3.63, 3.8) is 0 Å². The topological polar surface area (TPSA) is 92.7 Å². The molecule has 0 fully saturated rings. The first kappa shape index (κ1) is 13.4. The van der Waals surface area contributed by atoms with Crippen LogP contribution in [0.5, 0.6) is 0 Å². The minimum atomic E-state index is -0.930. The molecule has 0 spiro atoms. The molecule has 0 radical (unpaired) electrons. The van der Waals surface area contributed by atoms with Crippen molar-refractivity contribution in [2.45, 2.75) is 32.7 Å². The molecule has 0 saturated carbocycles. The molecule has 0 aliphatic carbocycles. The fraction of sp³-hybridized carbons (Fsp3) is 0.667. The van der Waals surface area contributed by atoms with Crippen molar-refractivity contribution in [3.8, 4) is 0 Å². The molecule has 0 unspecified atom stereocenters. The van der Waals surface area contributed by atoms with Gasteiger partial charge in [-0.05, 0) is 13.3 Å². The van der Waals surface area contributed by atoms with Crippen LogP contribution >= 0.6 is 0 Å². The average Bonchev–Trinajstić information content (AvgIpc) is 2.10. The zero-order valence-corrected chi connectivity index (χ0v) is 8.78. The van der Waals surface area contributed by atoms with E-state index in [-0.39, 0.29) is 25.4 Å². The number of carbonyl (C=O) groups is 3. The Morgan fingerprint density at radius 1 is 1.40 bits per heavy atom. The van der Waals surface area contributed by atoms with Gasteiger partial charge in [0.2, 0.25) is 5.91 Å². The van der Waals surface area contributed by atoms with E-state index in [1.165, 1.54) is 13.8 Å². The Labute approximate surface area is 87.6 Å². The van der Waals surface area contributed by atoms with E-state index < -0.39 is 18.0 Å². The Kier molecular flexibility index (Phi) is 6.08. The number of aliphatic carboxylic acids is 1. The molecule has 0 aromatic rings. The van der Waals surface area contributed by atoms with Crippen LogP contribution in [0.3, 0.4) is 0 Å². The lowest BCUT2D eigenvalue weighted by atomic mass is 10.3. The number of carboxylic acids is 1. The molecule has 0 aliphatic rings. The van der Waals surface area contributed by atoms with Crippen molar-refractivity contribution in [1.82, 2.24) is 5.32 Å². The zero-order valence-electron chi connectivity index (χ0n) is 8.78. The SMILES string of the molecule is CC(=O)N[C@@H](C)C(=O)OCCCC(=O)O. The Morgan fingerprint density at radius 3 is 2.47 bits per heavy atom. The summed E-state index contributed by atoms with van der Waals surface area (Å²) < 4.78 is 4.74. The smallest absolute Gasteiger partial charge is 0.328 e. The van der Waals surface area contributed by atoms with E-state index in [4.69, 9.17) is 9.84 Å². The number of amides is 1. The highest BCUT2D eigenvalue weighted by molar-refractivity contribution is 5.82. The number of nitrogens with one attached hydrogen (secondary N) is 1. The number of carboxylic acid groups (broad SMARTS) is 1. The Balaban J connectivity index is 3.64. The quantitative estimate of drug-likeness (QED) is 0.479. The highest BCUT2D eigenvalue weighted by atomic mass is 16.5. The van der Waals surface area contributed by atoms with Crippen molar-refractivity contribution in [2.75, 3.05) is 6.61 Å². The largest absolute Gasteiger partial charge is 0.481 e. The fourth-order valence-corrected chi connectivity index (χ4v) is 0.885. The summed E-state index contributed by atoms with van der Waals surface area (Å²) in [5.74, 6) is -1.80. The second-order valence-electron chi connectivity index (χ2n) is 3.09. The van der Waals surface area contributed by atoms with Gasteiger partial charge in [-0.3, -0.25) is 9.59 Å². The van der Waals surface area contributed by atoms with Crippen LogP contribution < -0.4 is 5.32 Å². The lowest BCUT2D eigenvalue weighted by molar-refractivity contribution is -0.148. The average molecular weight is 217 g/mol. The number of ether oxygens (including phenoxy) is 1. The van der Waals surface area contributed by atoms with E-state index in [9.17, 15) is 14.4 Å². The van der Waals surface area contributed by atoms with Gasteiger partial charge in [0.1, 0.15) is 6.04 Å². The Bertz CT molecular complexity index is 251. The van der Waals surface area contributed by atoms with Gasteiger partial charge < -0.3 is 15.2 Å². The zero-order chi connectivity index (χ0) is 11.8. The second-order valence-corrected chi connectivity index (χ2v) is 3.09. The van der Waals surface area contributed by atoms with Crippen LogP contribution in [0.1, 0.15) is 26.7 Å². The molecule has 0 rings (SSSR count). The number of esters is 1. The molecule has 0 saturated heterocycles. The molecule has 6 heteroatoms. The lowest BCUT2D eigenvalue weighted by Gasteiger charge is -2.11. The third kappa shape index (κ3) is 7.48. The minimum absolute atomic E-state index is 0.0399. The van der Waals surface area contributed by atoms with Gasteiger partial charge in [0, 0.05) is 13.3 Å². The van der Waals surface area contributed by atoms with Gasteiger partial charge in [-0.1, -0.05) is 0 Å². The number of hydrogen-bond acceptors (Lipinski definition) is 4. The summed E-state index contributed by atoms with van der Waals surface area (Å²) in [6, 6.07) is -0.702. The minimum Gasteiger partial charge on any atom is -0.481 e. The van der Waals surface area contributed by atoms with Crippen molar-refractivity contribution in [1.29, 1.82) is 0 Å². The fourth-order valence-electron chi connectivity index (χ4n) is 0.885. The molecule has 0 aliphatic heterocycles. The molecular formula is C9H15NO5. The van der Waals surface area contributed by atoms with Gasteiger partial charge in [0.15, 0.2) is 0 Å². The van der Waals surface area contributed by atoms with E-state index in [1.807, 2.05) is 0 Å². The number of hydrogen-bond donors (Lipinski definition) is 2. The van der Waals surface area contributed by atoms with Gasteiger partial charge >= 0.3 is 11.9 Å². The molecule has 1 atom stereocenters. The van der Waals surface area contributed by atoms with Crippen molar-refractivity contribution < 1.29 is 24.2 Å². The summed E-state index contributed by atoms with van der Waals surface area (Å²) in [6.45, 7) is 2.85. The predicted molar refractivity (Wildman–Crippen MR) is 51.1 cm³/mol. The van der Waals surface area contributed by atoms with Crippen LogP contribution in [-0.4, -0.2) is 35.6 Å². The highest BCUT2D eigenvalue weighted by Gasteiger charge is 2.14. The van der Waals surface area contributed by atoms with E-state index >= 15 is 0 Å². The van der Waals surface area contributed by atoms with Crippen LogP contribution in [-0.2, 0) is 19.1 Å². The summed E-state index contributed by atoms with van der Waals surface area (Å²) in [5, 5.41) is 10.7. The van der Waals surface area contributed by atoms with Crippen molar-refractivity contribution >= 4 is 17.8 Å². The van der Waals surface area contributed by atoms with Gasteiger partial charge in [-0.15, -0.1) is 0 Å². The first-order chi connectivity index (χ1) is 6.93. The van der Waals surface area contributed by atoms with Crippen molar-refractivity contribution in [2.24, 2.45) is 0 Å². The summed E-state index contributed by atoms with van der Waals surface area (Å²) in [4.78, 5) is 31.8. The normalized spacial score (nSPS) is 11.6. The van der Waals surface area contributed by atoms with Crippen LogP contribution in [0.25, 0.3) is 0 Å². The maximum atomic E-state index is 11.1. The highest BCUT2D eigenvalue weighted by Crippen LogP contribution is 1.93. The molecule has 15 heavy (non-hydrogen) atoms. The summed E-state index contributed by atoms with van der Waals surface area (Å²) in [6.07, 6.45) is 0.232. The molecule has 1 amide bonds. The third-order valence-corrected chi connectivity index (χ3v) is 1.55. The second kappa shape index (κ2) is 6.80. The third-order valence-electron chi connectivity index (χ3n) is 1.55. The Hall–Kier alpha value is -1.59. The molecule has 2 N–H and O–H groups in total. The lowest BCUT2D eigenvalue weighted by Crippen LogP contribution is -2.38. The first-order valence-corrected chi connectivity index (χ1v) is 4.59. The van der Waals surface area contributed by atoms with E-state index in [2.05, 4.69) is 5.32 Å². The maximum Gasteiger partial charge on any atom is 0.328 e.